The molecule has 0 heterocycles. The second-order valence-electron chi connectivity index (χ2n) is 5.91. The molecular weight excluding hydrogens is 222 g/mol. The van der Waals surface area contributed by atoms with E-state index in [1.54, 1.807) is 0 Å². The standard InChI is InChI=1S/C16H25NO/c1-13-7-6-8-14(11-13)12-15(18)16(17(2)3)9-4-5-10-16/h6-8,11,15,18H,4-5,9-10,12H2,1-3H3. The van der Waals surface area contributed by atoms with E-state index in [4.69, 9.17) is 0 Å². The summed E-state index contributed by atoms with van der Waals surface area (Å²) in [7, 11) is 4.20. The highest BCUT2D eigenvalue weighted by Crippen LogP contribution is 2.37. The summed E-state index contributed by atoms with van der Waals surface area (Å²) in [5.74, 6) is 0. The second-order valence-corrected chi connectivity index (χ2v) is 5.91. The zero-order valence-electron chi connectivity index (χ0n) is 11.8. The van der Waals surface area contributed by atoms with Crippen LogP contribution in [-0.4, -0.2) is 35.7 Å². The molecule has 1 aliphatic carbocycles. The van der Waals surface area contributed by atoms with E-state index < -0.39 is 0 Å². The van der Waals surface area contributed by atoms with Crippen molar-refractivity contribution in [2.24, 2.45) is 0 Å². The van der Waals surface area contributed by atoms with Crippen LogP contribution in [0.25, 0.3) is 0 Å². The highest BCUT2D eigenvalue weighted by molar-refractivity contribution is 5.23. The van der Waals surface area contributed by atoms with Crippen molar-refractivity contribution in [3.8, 4) is 0 Å². The van der Waals surface area contributed by atoms with Gasteiger partial charge in [-0.15, -0.1) is 0 Å². The topological polar surface area (TPSA) is 23.5 Å². The monoisotopic (exact) mass is 247 g/mol. The number of aliphatic hydroxyl groups excluding tert-OH is 1. The summed E-state index contributed by atoms with van der Waals surface area (Å²) >= 11 is 0. The normalized spacial score (nSPS) is 20.3. The van der Waals surface area contributed by atoms with Crippen molar-refractivity contribution < 1.29 is 5.11 Å². The van der Waals surface area contributed by atoms with Gasteiger partial charge in [0.15, 0.2) is 0 Å². The predicted octanol–water partition coefficient (Wildman–Crippen LogP) is 2.77. The van der Waals surface area contributed by atoms with E-state index in [1.165, 1.54) is 24.0 Å². The zero-order chi connectivity index (χ0) is 13.2. The quantitative estimate of drug-likeness (QED) is 0.884. The number of nitrogens with zero attached hydrogens (tertiary/aromatic N) is 1. The van der Waals surface area contributed by atoms with E-state index >= 15 is 0 Å². The molecule has 0 saturated heterocycles. The smallest absolute Gasteiger partial charge is 0.0763 e. The maximum absolute atomic E-state index is 10.7. The van der Waals surface area contributed by atoms with Gasteiger partial charge in [-0.1, -0.05) is 42.7 Å². The van der Waals surface area contributed by atoms with Crippen molar-refractivity contribution in [2.75, 3.05) is 14.1 Å². The summed E-state index contributed by atoms with van der Waals surface area (Å²) < 4.78 is 0. The van der Waals surface area contributed by atoms with Crippen LogP contribution in [-0.2, 0) is 6.42 Å². The van der Waals surface area contributed by atoms with Gasteiger partial charge in [0.2, 0.25) is 0 Å². The SMILES string of the molecule is Cc1cccc(CC(O)C2(N(C)C)CCCC2)c1. The summed E-state index contributed by atoms with van der Waals surface area (Å²) in [4.78, 5) is 2.24. The molecule has 1 N–H and O–H groups in total. The van der Waals surface area contributed by atoms with Crippen LogP contribution in [0.2, 0.25) is 0 Å². The Labute approximate surface area is 111 Å². The zero-order valence-corrected chi connectivity index (χ0v) is 11.8. The Hall–Kier alpha value is -0.860. The lowest BCUT2D eigenvalue weighted by molar-refractivity contribution is -0.00250. The minimum Gasteiger partial charge on any atom is -0.391 e. The van der Waals surface area contributed by atoms with E-state index in [0.29, 0.717) is 0 Å². The van der Waals surface area contributed by atoms with Gasteiger partial charge in [0.25, 0.3) is 0 Å². The predicted molar refractivity (Wildman–Crippen MR) is 75.8 cm³/mol. The van der Waals surface area contributed by atoms with Crippen LogP contribution in [0.3, 0.4) is 0 Å². The van der Waals surface area contributed by atoms with E-state index in [0.717, 1.165) is 19.3 Å². The van der Waals surface area contributed by atoms with Crippen molar-refractivity contribution in [1.29, 1.82) is 0 Å². The van der Waals surface area contributed by atoms with E-state index in [1.807, 2.05) is 0 Å². The highest BCUT2D eigenvalue weighted by atomic mass is 16.3. The minimum atomic E-state index is -0.267. The summed E-state index contributed by atoms with van der Waals surface area (Å²) in [6.07, 6.45) is 5.21. The Bertz CT molecular complexity index is 394. The molecule has 18 heavy (non-hydrogen) atoms. The number of aliphatic hydroxyl groups is 1. The highest BCUT2D eigenvalue weighted by Gasteiger charge is 2.42. The van der Waals surface area contributed by atoms with Crippen molar-refractivity contribution in [1.82, 2.24) is 4.90 Å². The molecule has 1 aliphatic rings. The van der Waals surface area contributed by atoms with Crippen molar-refractivity contribution in [3.63, 3.8) is 0 Å². The first-order valence-electron chi connectivity index (χ1n) is 6.96. The Morgan fingerprint density at radius 1 is 1.28 bits per heavy atom. The van der Waals surface area contributed by atoms with Crippen LogP contribution >= 0.6 is 0 Å². The fraction of sp³-hybridized carbons (Fsp3) is 0.625. The Morgan fingerprint density at radius 3 is 2.50 bits per heavy atom. The third kappa shape index (κ3) is 2.60. The molecule has 2 heteroatoms. The van der Waals surface area contributed by atoms with Crippen LogP contribution in [0.15, 0.2) is 24.3 Å². The van der Waals surface area contributed by atoms with Crippen LogP contribution in [0.1, 0.15) is 36.8 Å². The van der Waals surface area contributed by atoms with Gasteiger partial charge >= 0.3 is 0 Å². The number of likely N-dealkylation sites (N-methyl/N-ethyl adjacent to an activating group) is 1. The van der Waals surface area contributed by atoms with E-state index in [9.17, 15) is 5.11 Å². The maximum atomic E-state index is 10.7. The molecule has 0 aromatic heterocycles. The number of aryl methyl sites for hydroxylation is 1. The largest absolute Gasteiger partial charge is 0.391 e. The Balaban J connectivity index is 2.13. The lowest BCUT2D eigenvalue weighted by Crippen LogP contribution is -2.52. The Morgan fingerprint density at radius 2 is 1.94 bits per heavy atom. The summed E-state index contributed by atoms with van der Waals surface area (Å²) in [6, 6.07) is 8.48. The molecule has 0 spiro atoms. The summed E-state index contributed by atoms with van der Waals surface area (Å²) in [5, 5.41) is 10.7. The minimum absolute atomic E-state index is 0.0102. The molecule has 1 aromatic rings. The molecule has 1 saturated carbocycles. The number of hydrogen-bond acceptors (Lipinski definition) is 2. The number of rotatable bonds is 4. The molecule has 2 nitrogen and oxygen atoms in total. The second kappa shape index (κ2) is 5.41. The van der Waals surface area contributed by atoms with Gasteiger partial charge in [-0.25, -0.2) is 0 Å². The van der Waals surface area contributed by atoms with Crippen molar-refractivity contribution in [3.05, 3.63) is 35.4 Å². The summed E-state index contributed by atoms with van der Waals surface area (Å²) in [5.41, 5.74) is 2.50. The van der Waals surface area contributed by atoms with Crippen LogP contribution in [0, 0.1) is 6.92 Å². The van der Waals surface area contributed by atoms with Gasteiger partial charge < -0.3 is 10.0 Å². The third-order valence-corrected chi connectivity index (χ3v) is 4.49. The van der Waals surface area contributed by atoms with E-state index in [-0.39, 0.29) is 11.6 Å². The molecule has 1 unspecified atom stereocenters. The lowest BCUT2D eigenvalue weighted by atomic mass is 9.85. The van der Waals surface area contributed by atoms with Crippen molar-refractivity contribution >= 4 is 0 Å². The number of benzene rings is 1. The van der Waals surface area contributed by atoms with E-state index in [2.05, 4.69) is 50.2 Å². The first kappa shape index (κ1) is 13.6. The molecular formula is C16H25NO. The van der Waals surface area contributed by atoms with Gasteiger partial charge in [0.05, 0.1) is 6.10 Å². The maximum Gasteiger partial charge on any atom is 0.0763 e. The Kier molecular flexibility index (Phi) is 4.08. The molecule has 100 valence electrons. The number of hydrogen-bond donors (Lipinski definition) is 1. The van der Waals surface area contributed by atoms with Crippen LogP contribution in [0.5, 0.6) is 0 Å². The average molecular weight is 247 g/mol. The summed E-state index contributed by atoms with van der Waals surface area (Å²) in [6.45, 7) is 2.10. The molecule has 0 amide bonds. The van der Waals surface area contributed by atoms with Gasteiger partial charge in [-0.3, -0.25) is 0 Å². The molecule has 1 aromatic carbocycles. The molecule has 0 aliphatic heterocycles. The van der Waals surface area contributed by atoms with Crippen molar-refractivity contribution in [2.45, 2.75) is 50.7 Å². The molecule has 0 bridgehead atoms. The fourth-order valence-corrected chi connectivity index (χ4v) is 3.32. The fourth-order valence-electron chi connectivity index (χ4n) is 3.32. The first-order valence-corrected chi connectivity index (χ1v) is 6.96. The molecule has 2 rings (SSSR count). The van der Waals surface area contributed by atoms with Gasteiger partial charge in [-0.05, 0) is 39.4 Å². The van der Waals surface area contributed by atoms with Gasteiger partial charge in [0.1, 0.15) is 0 Å². The first-order chi connectivity index (χ1) is 8.54. The average Bonchev–Trinajstić information content (AvgIpc) is 2.79. The lowest BCUT2D eigenvalue weighted by Gasteiger charge is -2.40. The van der Waals surface area contributed by atoms with Gasteiger partial charge in [0, 0.05) is 12.0 Å². The van der Waals surface area contributed by atoms with Gasteiger partial charge in [-0.2, -0.15) is 0 Å². The van der Waals surface area contributed by atoms with Crippen LogP contribution in [0.4, 0.5) is 0 Å². The van der Waals surface area contributed by atoms with Crippen LogP contribution < -0.4 is 0 Å². The molecule has 0 radical (unpaired) electrons. The molecule has 1 fully saturated rings. The molecule has 1 atom stereocenters. The third-order valence-electron chi connectivity index (χ3n) is 4.49.